The van der Waals surface area contributed by atoms with Crippen LogP contribution in [-0.4, -0.2) is 43.6 Å². The van der Waals surface area contributed by atoms with Gasteiger partial charge in [0, 0.05) is 7.11 Å². The first kappa shape index (κ1) is 12.3. The SMILES string of the molecule is COC[C@@H](ON)C(=O)OC[C@H](C)O. The van der Waals surface area contributed by atoms with Crippen LogP contribution in [0.2, 0.25) is 0 Å². The Balaban J connectivity index is 3.77. The normalized spacial score (nSPS) is 15.1. The molecule has 0 amide bonds. The first-order chi connectivity index (χ1) is 6.11. The van der Waals surface area contributed by atoms with Crippen LogP contribution in [0.4, 0.5) is 0 Å². The highest BCUT2D eigenvalue weighted by Crippen LogP contribution is 1.94. The monoisotopic (exact) mass is 193 g/mol. The fourth-order valence-electron chi connectivity index (χ4n) is 0.610. The van der Waals surface area contributed by atoms with Crippen molar-refractivity contribution in [2.75, 3.05) is 20.3 Å². The van der Waals surface area contributed by atoms with Gasteiger partial charge in [-0.05, 0) is 6.92 Å². The number of carbonyl (C=O) groups excluding carboxylic acids is 1. The number of aliphatic hydroxyl groups excluding tert-OH is 1. The van der Waals surface area contributed by atoms with Crippen LogP contribution in [0, 0.1) is 0 Å². The molecule has 6 heteroatoms. The summed E-state index contributed by atoms with van der Waals surface area (Å²) in [4.78, 5) is 15.4. The summed E-state index contributed by atoms with van der Waals surface area (Å²) >= 11 is 0. The third kappa shape index (κ3) is 5.53. The number of hydrogen-bond acceptors (Lipinski definition) is 6. The Bertz CT molecular complexity index is 150. The van der Waals surface area contributed by atoms with Gasteiger partial charge in [-0.25, -0.2) is 10.7 Å². The summed E-state index contributed by atoms with van der Waals surface area (Å²) in [6.45, 7) is 1.44. The van der Waals surface area contributed by atoms with Crippen molar-refractivity contribution >= 4 is 5.97 Å². The summed E-state index contributed by atoms with van der Waals surface area (Å²) in [6, 6.07) is 0. The molecular formula is C7H15NO5. The summed E-state index contributed by atoms with van der Waals surface area (Å²) in [6.07, 6.45) is -1.64. The van der Waals surface area contributed by atoms with Crippen LogP contribution in [0.3, 0.4) is 0 Å². The van der Waals surface area contributed by atoms with Gasteiger partial charge in [-0.1, -0.05) is 0 Å². The molecular weight excluding hydrogens is 178 g/mol. The zero-order valence-electron chi connectivity index (χ0n) is 7.73. The van der Waals surface area contributed by atoms with Gasteiger partial charge >= 0.3 is 5.97 Å². The quantitative estimate of drug-likeness (QED) is 0.407. The van der Waals surface area contributed by atoms with Gasteiger partial charge in [0.15, 0.2) is 6.10 Å². The largest absolute Gasteiger partial charge is 0.461 e. The van der Waals surface area contributed by atoms with Crippen molar-refractivity contribution in [3.63, 3.8) is 0 Å². The zero-order chi connectivity index (χ0) is 10.3. The highest BCUT2D eigenvalue weighted by Gasteiger charge is 2.20. The maximum absolute atomic E-state index is 11.1. The van der Waals surface area contributed by atoms with E-state index in [0.29, 0.717) is 0 Å². The van der Waals surface area contributed by atoms with Crippen LogP contribution in [0.25, 0.3) is 0 Å². The molecule has 0 aromatic rings. The van der Waals surface area contributed by atoms with Gasteiger partial charge in [0.25, 0.3) is 0 Å². The summed E-state index contributed by atoms with van der Waals surface area (Å²) in [5.41, 5.74) is 0. The molecule has 0 unspecified atom stereocenters. The van der Waals surface area contributed by atoms with Crippen molar-refractivity contribution in [2.24, 2.45) is 5.90 Å². The third-order valence-corrected chi connectivity index (χ3v) is 1.21. The van der Waals surface area contributed by atoms with Crippen molar-refractivity contribution in [1.29, 1.82) is 0 Å². The lowest BCUT2D eigenvalue weighted by Crippen LogP contribution is -2.34. The molecule has 0 saturated heterocycles. The Kier molecular flexibility index (Phi) is 6.43. The predicted molar refractivity (Wildman–Crippen MR) is 43.6 cm³/mol. The minimum absolute atomic E-state index is 0.0230. The van der Waals surface area contributed by atoms with Crippen molar-refractivity contribution in [3.05, 3.63) is 0 Å². The highest BCUT2D eigenvalue weighted by molar-refractivity contribution is 5.74. The fourth-order valence-corrected chi connectivity index (χ4v) is 0.610. The van der Waals surface area contributed by atoms with Gasteiger partial charge in [-0.15, -0.1) is 0 Å². The van der Waals surface area contributed by atoms with Crippen LogP contribution in [-0.2, 0) is 19.1 Å². The van der Waals surface area contributed by atoms with E-state index in [1.54, 1.807) is 0 Å². The van der Waals surface area contributed by atoms with Crippen molar-refractivity contribution < 1.29 is 24.2 Å². The number of esters is 1. The van der Waals surface area contributed by atoms with E-state index in [0.717, 1.165) is 0 Å². The number of nitrogens with two attached hydrogens (primary N) is 1. The van der Waals surface area contributed by atoms with E-state index in [9.17, 15) is 4.79 Å². The molecule has 2 atom stereocenters. The summed E-state index contributed by atoms with van der Waals surface area (Å²) < 4.78 is 9.29. The zero-order valence-corrected chi connectivity index (χ0v) is 7.73. The highest BCUT2D eigenvalue weighted by atomic mass is 16.7. The second-order valence-corrected chi connectivity index (χ2v) is 2.56. The Morgan fingerprint density at radius 3 is 2.54 bits per heavy atom. The first-order valence-corrected chi connectivity index (χ1v) is 3.81. The van der Waals surface area contributed by atoms with Gasteiger partial charge in [0.1, 0.15) is 6.61 Å². The molecule has 0 fully saturated rings. The summed E-state index contributed by atoms with van der Waals surface area (Å²) in [5.74, 6) is 4.17. The molecule has 0 saturated carbocycles. The van der Waals surface area contributed by atoms with Crippen molar-refractivity contribution in [3.8, 4) is 0 Å². The molecule has 13 heavy (non-hydrogen) atoms. The average molecular weight is 193 g/mol. The lowest BCUT2D eigenvalue weighted by Gasteiger charge is -2.13. The third-order valence-electron chi connectivity index (χ3n) is 1.21. The molecule has 0 aliphatic heterocycles. The standard InChI is InChI=1S/C7H15NO5/c1-5(9)3-12-7(10)6(13-8)4-11-2/h5-6,9H,3-4,8H2,1-2H3/t5-,6+/m0/s1. The van der Waals surface area contributed by atoms with Crippen LogP contribution in [0.5, 0.6) is 0 Å². The fraction of sp³-hybridized carbons (Fsp3) is 0.857. The topological polar surface area (TPSA) is 91.0 Å². The molecule has 0 radical (unpaired) electrons. The second kappa shape index (κ2) is 6.79. The molecule has 0 heterocycles. The Labute approximate surface area is 76.5 Å². The molecule has 0 spiro atoms. The van der Waals surface area contributed by atoms with E-state index >= 15 is 0 Å². The lowest BCUT2D eigenvalue weighted by molar-refractivity contribution is -0.163. The molecule has 0 aliphatic rings. The minimum atomic E-state index is -0.941. The Hall–Kier alpha value is -0.690. The molecule has 0 aromatic carbocycles. The van der Waals surface area contributed by atoms with Crippen LogP contribution < -0.4 is 5.90 Å². The van der Waals surface area contributed by atoms with Gasteiger partial charge in [-0.2, -0.15) is 0 Å². The molecule has 78 valence electrons. The lowest BCUT2D eigenvalue weighted by atomic mass is 10.4. The van der Waals surface area contributed by atoms with Gasteiger partial charge in [0.05, 0.1) is 12.7 Å². The molecule has 6 nitrogen and oxygen atoms in total. The Morgan fingerprint density at radius 1 is 1.54 bits per heavy atom. The van der Waals surface area contributed by atoms with Gasteiger partial charge in [0.2, 0.25) is 0 Å². The number of rotatable bonds is 6. The molecule has 0 rings (SSSR count). The number of aliphatic hydroxyl groups is 1. The van der Waals surface area contributed by atoms with Gasteiger partial charge in [-0.3, -0.25) is 4.84 Å². The van der Waals surface area contributed by atoms with E-state index in [1.807, 2.05) is 0 Å². The van der Waals surface area contributed by atoms with E-state index in [-0.39, 0.29) is 13.2 Å². The maximum Gasteiger partial charge on any atom is 0.339 e. The molecule has 0 aromatic heterocycles. The number of carbonyl (C=O) groups is 1. The summed E-state index contributed by atoms with van der Waals surface area (Å²) in [7, 11) is 1.41. The van der Waals surface area contributed by atoms with Crippen LogP contribution in [0.1, 0.15) is 6.92 Å². The Morgan fingerprint density at radius 2 is 2.15 bits per heavy atom. The number of hydrogen-bond donors (Lipinski definition) is 2. The van der Waals surface area contributed by atoms with Crippen molar-refractivity contribution in [1.82, 2.24) is 0 Å². The first-order valence-electron chi connectivity index (χ1n) is 3.81. The minimum Gasteiger partial charge on any atom is -0.461 e. The van der Waals surface area contributed by atoms with E-state index in [2.05, 4.69) is 14.3 Å². The van der Waals surface area contributed by atoms with Crippen molar-refractivity contribution in [2.45, 2.75) is 19.1 Å². The maximum atomic E-state index is 11.1. The predicted octanol–water partition coefficient (Wildman–Crippen LogP) is -1.18. The van der Waals surface area contributed by atoms with E-state index < -0.39 is 18.2 Å². The van der Waals surface area contributed by atoms with Crippen LogP contribution >= 0.6 is 0 Å². The number of methoxy groups -OCH3 is 1. The number of ether oxygens (including phenoxy) is 2. The second-order valence-electron chi connectivity index (χ2n) is 2.56. The average Bonchev–Trinajstić information content (AvgIpc) is 2.10. The van der Waals surface area contributed by atoms with Gasteiger partial charge < -0.3 is 14.6 Å². The molecule has 0 aliphatic carbocycles. The summed E-state index contributed by atoms with van der Waals surface area (Å²) in [5, 5.41) is 8.81. The molecule has 3 N–H and O–H groups in total. The smallest absolute Gasteiger partial charge is 0.339 e. The van der Waals surface area contributed by atoms with E-state index in [1.165, 1.54) is 14.0 Å². The molecule has 0 bridgehead atoms. The van der Waals surface area contributed by atoms with Crippen LogP contribution in [0.15, 0.2) is 0 Å². The van der Waals surface area contributed by atoms with E-state index in [4.69, 9.17) is 11.0 Å².